The average molecular weight is 252 g/mol. The maximum atomic E-state index is 10.6. The highest BCUT2D eigenvalue weighted by molar-refractivity contribution is 7.80. The monoisotopic (exact) mass is 252 g/mol. The van der Waals surface area contributed by atoms with Gasteiger partial charge >= 0.3 is 10.4 Å². The van der Waals surface area contributed by atoms with Crippen molar-refractivity contribution in [3.8, 4) is 0 Å². The van der Waals surface area contributed by atoms with Crippen molar-refractivity contribution in [2.75, 3.05) is 6.61 Å². The quantitative estimate of drug-likeness (QED) is 0.385. The summed E-state index contributed by atoms with van der Waals surface area (Å²) in [6.07, 6.45) is 5.44. The first-order valence-electron chi connectivity index (χ1n) is 5.80. The number of hydrogen-bond donors (Lipinski definition) is 1. The van der Waals surface area contributed by atoms with Gasteiger partial charge in [0.05, 0.1) is 6.61 Å². The summed E-state index contributed by atoms with van der Waals surface area (Å²) in [6.45, 7) is 2.66. The molecule has 1 aliphatic heterocycles. The third-order valence-corrected chi connectivity index (χ3v) is 3.10. The van der Waals surface area contributed by atoms with Crippen LogP contribution in [0.15, 0.2) is 0 Å². The van der Waals surface area contributed by atoms with Crippen LogP contribution in [0.5, 0.6) is 0 Å². The van der Waals surface area contributed by atoms with Gasteiger partial charge < -0.3 is 4.74 Å². The molecule has 5 nitrogen and oxygen atoms in total. The minimum absolute atomic E-state index is 0.159. The lowest BCUT2D eigenvalue weighted by molar-refractivity contribution is 0.135. The van der Waals surface area contributed by atoms with E-state index in [1.54, 1.807) is 0 Å². The molecule has 1 fully saturated rings. The minimum Gasteiger partial charge on any atom is -0.370 e. The van der Waals surface area contributed by atoms with E-state index >= 15 is 0 Å². The summed E-state index contributed by atoms with van der Waals surface area (Å²) in [5.41, 5.74) is 0. The first-order chi connectivity index (χ1) is 7.53. The molecule has 0 aromatic carbocycles. The van der Waals surface area contributed by atoms with Crippen molar-refractivity contribution in [3.05, 3.63) is 0 Å². The van der Waals surface area contributed by atoms with Crippen LogP contribution in [-0.4, -0.2) is 31.8 Å². The van der Waals surface area contributed by atoms with Crippen molar-refractivity contribution in [1.82, 2.24) is 0 Å². The van der Waals surface area contributed by atoms with Gasteiger partial charge in [-0.2, -0.15) is 8.42 Å². The van der Waals surface area contributed by atoms with Gasteiger partial charge in [0, 0.05) is 0 Å². The van der Waals surface area contributed by atoms with Crippen LogP contribution in [0.2, 0.25) is 0 Å². The van der Waals surface area contributed by atoms with Crippen LogP contribution in [0.4, 0.5) is 0 Å². The lowest BCUT2D eigenvalue weighted by Gasteiger charge is -2.12. The van der Waals surface area contributed by atoms with Crippen molar-refractivity contribution in [1.29, 1.82) is 0 Å². The van der Waals surface area contributed by atoms with Gasteiger partial charge in [-0.25, -0.2) is 4.18 Å². The SMILES string of the molecule is CCCCCCC[C@@H](OS(=O)(=O)O)[C@@H]1CO1. The Labute approximate surface area is 97.1 Å². The van der Waals surface area contributed by atoms with Crippen LogP contribution in [0.25, 0.3) is 0 Å². The highest BCUT2D eigenvalue weighted by Crippen LogP contribution is 2.23. The summed E-state index contributed by atoms with van der Waals surface area (Å²) in [6, 6.07) is 0. The van der Waals surface area contributed by atoms with Crippen LogP contribution in [-0.2, 0) is 19.3 Å². The second kappa shape index (κ2) is 6.54. The molecule has 0 aromatic rings. The summed E-state index contributed by atoms with van der Waals surface area (Å²) >= 11 is 0. The zero-order chi connectivity index (χ0) is 12.0. The van der Waals surface area contributed by atoms with E-state index in [-0.39, 0.29) is 6.10 Å². The Morgan fingerprint density at radius 2 is 2.00 bits per heavy atom. The van der Waals surface area contributed by atoms with E-state index in [2.05, 4.69) is 11.1 Å². The fraction of sp³-hybridized carbons (Fsp3) is 1.00. The van der Waals surface area contributed by atoms with Crippen LogP contribution >= 0.6 is 0 Å². The second-order valence-corrected chi connectivity index (χ2v) is 5.18. The molecule has 2 atom stereocenters. The molecule has 1 N–H and O–H groups in total. The third-order valence-electron chi connectivity index (χ3n) is 2.61. The Balaban J connectivity index is 2.19. The molecule has 0 bridgehead atoms. The predicted octanol–water partition coefficient (Wildman–Crippen LogP) is 1.93. The number of hydrogen-bond acceptors (Lipinski definition) is 4. The van der Waals surface area contributed by atoms with E-state index in [0.717, 1.165) is 19.3 Å². The molecule has 0 radical (unpaired) electrons. The summed E-state index contributed by atoms with van der Waals surface area (Å²) in [7, 11) is -4.36. The van der Waals surface area contributed by atoms with E-state index in [9.17, 15) is 8.42 Å². The fourth-order valence-electron chi connectivity index (χ4n) is 1.67. The Morgan fingerprint density at radius 1 is 1.38 bits per heavy atom. The Bertz CT molecular complexity index is 284. The third kappa shape index (κ3) is 6.42. The lowest BCUT2D eigenvalue weighted by atomic mass is 10.1. The van der Waals surface area contributed by atoms with E-state index in [4.69, 9.17) is 9.29 Å². The smallest absolute Gasteiger partial charge is 0.370 e. The zero-order valence-corrected chi connectivity index (χ0v) is 10.4. The molecule has 1 rings (SSSR count). The molecule has 96 valence electrons. The van der Waals surface area contributed by atoms with Crippen LogP contribution < -0.4 is 0 Å². The molecule has 0 spiro atoms. The van der Waals surface area contributed by atoms with Crippen LogP contribution in [0.3, 0.4) is 0 Å². The summed E-state index contributed by atoms with van der Waals surface area (Å²) in [5, 5.41) is 0. The molecule has 16 heavy (non-hydrogen) atoms. The molecule has 0 aromatic heterocycles. The normalized spacial score (nSPS) is 22.0. The van der Waals surface area contributed by atoms with Gasteiger partial charge in [0.1, 0.15) is 12.2 Å². The van der Waals surface area contributed by atoms with Gasteiger partial charge in [0.2, 0.25) is 0 Å². The average Bonchev–Trinajstić information content (AvgIpc) is 2.97. The van der Waals surface area contributed by atoms with E-state index in [0.29, 0.717) is 13.0 Å². The number of epoxide rings is 1. The summed E-state index contributed by atoms with van der Waals surface area (Å²) < 4.78 is 39.3. The minimum atomic E-state index is -4.36. The first kappa shape index (κ1) is 13.9. The maximum Gasteiger partial charge on any atom is 0.397 e. The summed E-state index contributed by atoms with van der Waals surface area (Å²) in [5.74, 6) is 0. The molecular weight excluding hydrogens is 232 g/mol. The van der Waals surface area contributed by atoms with Crippen molar-refractivity contribution >= 4 is 10.4 Å². The molecule has 1 aliphatic rings. The Morgan fingerprint density at radius 3 is 2.50 bits per heavy atom. The summed E-state index contributed by atoms with van der Waals surface area (Å²) in [4.78, 5) is 0. The number of ether oxygens (including phenoxy) is 1. The van der Waals surface area contributed by atoms with Gasteiger partial charge in [0.25, 0.3) is 0 Å². The lowest BCUT2D eigenvalue weighted by Crippen LogP contribution is -2.23. The van der Waals surface area contributed by atoms with Crippen molar-refractivity contribution in [3.63, 3.8) is 0 Å². The van der Waals surface area contributed by atoms with Gasteiger partial charge in [-0.3, -0.25) is 4.55 Å². The predicted molar refractivity (Wildman–Crippen MR) is 59.5 cm³/mol. The highest BCUT2D eigenvalue weighted by Gasteiger charge is 2.36. The van der Waals surface area contributed by atoms with Gasteiger partial charge in [-0.15, -0.1) is 0 Å². The highest BCUT2D eigenvalue weighted by atomic mass is 32.3. The van der Waals surface area contributed by atoms with Crippen LogP contribution in [0, 0.1) is 0 Å². The molecule has 1 heterocycles. The number of unbranched alkanes of at least 4 members (excludes halogenated alkanes) is 4. The molecule has 0 unspecified atom stereocenters. The molecular formula is C10H20O5S. The molecule has 0 saturated carbocycles. The first-order valence-corrected chi connectivity index (χ1v) is 7.16. The fourth-order valence-corrected chi connectivity index (χ4v) is 2.20. The topological polar surface area (TPSA) is 76.1 Å². The second-order valence-electron chi connectivity index (χ2n) is 4.14. The van der Waals surface area contributed by atoms with Crippen molar-refractivity contribution < 1.29 is 21.9 Å². The van der Waals surface area contributed by atoms with Crippen LogP contribution in [0.1, 0.15) is 45.4 Å². The van der Waals surface area contributed by atoms with E-state index < -0.39 is 16.5 Å². The largest absolute Gasteiger partial charge is 0.397 e. The van der Waals surface area contributed by atoms with Crippen molar-refractivity contribution in [2.24, 2.45) is 0 Å². The standard InChI is InChI=1S/C10H20O5S/c1-2-3-4-5-6-7-9(10-8-14-10)15-16(11,12)13/h9-10H,2-8H2,1H3,(H,11,12,13)/t9-,10+/m1/s1. The molecule has 6 heteroatoms. The zero-order valence-electron chi connectivity index (χ0n) is 9.59. The maximum absolute atomic E-state index is 10.6. The van der Waals surface area contributed by atoms with E-state index in [1.807, 2.05) is 0 Å². The number of rotatable bonds is 9. The van der Waals surface area contributed by atoms with Gasteiger partial charge in [0.15, 0.2) is 0 Å². The molecule has 1 saturated heterocycles. The Hall–Kier alpha value is -0.170. The van der Waals surface area contributed by atoms with E-state index in [1.165, 1.54) is 12.8 Å². The van der Waals surface area contributed by atoms with Gasteiger partial charge in [-0.1, -0.05) is 39.0 Å². The Kier molecular flexibility index (Phi) is 5.68. The molecule has 0 amide bonds. The molecule has 0 aliphatic carbocycles. The van der Waals surface area contributed by atoms with Crippen molar-refractivity contribution in [2.45, 2.75) is 57.7 Å². The van der Waals surface area contributed by atoms with Gasteiger partial charge in [-0.05, 0) is 6.42 Å².